The molecule has 2 rings (SSSR count). The Bertz CT molecular complexity index is 722. The van der Waals surface area contributed by atoms with Crippen molar-refractivity contribution in [3.8, 4) is 17.6 Å². The first-order valence-corrected chi connectivity index (χ1v) is 6.92. The van der Waals surface area contributed by atoms with Crippen LogP contribution >= 0.6 is 11.6 Å². The predicted octanol–water partition coefficient (Wildman–Crippen LogP) is 3.29. The fourth-order valence-corrected chi connectivity index (χ4v) is 1.84. The molecule has 0 bridgehead atoms. The number of carbonyl (C=O) groups is 1. The molecule has 0 unspecified atom stereocenters. The van der Waals surface area contributed by atoms with E-state index in [0.29, 0.717) is 10.8 Å². The molecule has 0 aliphatic rings. The lowest BCUT2D eigenvalue weighted by atomic mass is 10.2. The van der Waals surface area contributed by atoms with Crippen LogP contribution in [0, 0.1) is 17.7 Å². The van der Waals surface area contributed by atoms with Crippen LogP contribution in [-0.2, 0) is 0 Å². The minimum atomic E-state index is -0.560. The molecule has 0 aliphatic carbocycles. The van der Waals surface area contributed by atoms with Gasteiger partial charge in [0.15, 0.2) is 0 Å². The molecular formula is C17H13ClFNO2. The van der Waals surface area contributed by atoms with Crippen LogP contribution in [0.25, 0.3) is 0 Å². The number of nitrogens with one attached hydrogen (secondary N) is 1. The van der Waals surface area contributed by atoms with Crippen molar-refractivity contribution in [2.45, 2.75) is 0 Å². The van der Waals surface area contributed by atoms with Gasteiger partial charge in [0, 0.05) is 0 Å². The van der Waals surface area contributed by atoms with Crippen molar-refractivity contribution >= 4 is 17.5 Å². The summed E-state index contributed by atoms with van der Waals surface area (Å²) in [7, 11) is 0. The van der Waals surface area contributed by atoms with Gasteiger partial charge in [-0.25, -0.2) is 4.39 Å². The van der Waals surface area contributed by atoms with Crippen LogP contribution in [0.4, 0.5) is 4.39 Å². The van der Waals surface area contributed by atoms with E-state index < -0.39 is 11.7 Å². The topological polar surface area (TPSA) is 38.3 Å². The Morgan fingerprint density at radius 1 is 1.14 bits per heavy atom. The largest absolute Gasteiger partial charge is 0.479 e. The Labute approximate surface area is 133 Å². The van der Waals surface area contributed by atoms with Gasteiger partial charge >= 0.3 is 0 Å². The van der Waals surface area contributed by atoms with Gasteiger partial charge < -0.3 is 10.1 Å². The van der Waals surface area contributed by atoms with E-state index in [1.165, 1.54) is 18.2 Å². The molecule has 0 aromatic heterocycles. The van der Waals surface area contributed by atoms with Crippen LogP contribution in [0.3, 0.4) is 0 Å². The predicted molar refractivity (Wildman–Crippen MR) is 83.5 cm³/mol. The minimum absolute atomic E-state index is 0.00313. The minimum Gasteiger partial charge on any atom is -0.479 e. The zero-order valence-corrected chi connectivity index (χ0v) is 12.4. The van der Waals surface area contributed by atoms with Gasteiger partial charge in [-0.15, -0.1) is 0 Å². The van der Waals surface area contributed by atoms with Gasteiger partial charge in [0.1, 0.15) is 18.2 Å². The molecule has 0 atom stereocenters. The average Bonchev–Trinajstić information content (AvgIpc) is 2.52. The molecular weight excluding hydrogens is 305 g/mol. The van der Waals surface area contributed by atoms with E-state index in [1.807, 2.05) is 6.07 Å². The number of hydrogen-bond acceptors (Lipinski definition) is 2. The maximum absolute atomic E-state index is 13.4. The Kier molecular flexibility index (Phi) is 5.81. The van der Waals surface area contributed by atoms with Crippen molar-refractivity contribution in [1.82, 2.24) is 5.32 Å². The monoisotopic (exact) mass is 317 g/mol. The Balaban J connectivity index is 1.77. The van der Waals surface area contributed by atoms with Crippen molar-refractivity contribution in [3.05, 3.63) is 64.9 Å². The van der Waals surface area contributed by atoms with Gasteiger partial charge in [-0.1, -0.05) is 47.7 Å². The van der Waals surface area contributed by atoms with E-state index in [9.17, 15) is 9.18 Å². The molecule has 1 amide bonds. The molecule has 0 heterocycles. The Morgan fingerprint density at radius 2 is 1.86 bits per heavy atom. The van der Waals surface area contributed by atoms with Crippen molar-refractivity contribution in [1.29, 1.82) is 0 Å². The first-order valence-electron chi connectivity index (χ1n) is 6.54. The second-order valence-corrected chi connectivity index (χ2v) is 4.64. The molecule has 1 N–H and O–H groups in total. The first kappa shape index (κ1) is 15.9. The third kappa shape index (κ3) is 4.51. The van der Waals surface area contributed by atoms with Gasteiger partial charge in [-0.05, 0) is 24.3 Å². The van der Waals surface area contributed by atoms with E-state index in [-0.39, 0.29) is 18.7 Å². The molecule has 2 aromatic carbocycles. The number of rotatable bonds is 4. The van der Waals surface area contributed by atoms with Gasteiger partial charge in [-0.3, -0.25) is 4.79 Å². The van der Waals surface area contributed by atoms with Crippen LogP contribution < -0.4 is 10.1 Å². The molecule has 5 heteroatoms. The highest BCUT2D eigenvalue weighted by Gasteiger charge is 2.08. The number of carbonyl (C=O) groups excluding carboxylic acids is 1. The lowest BCUT2D eigenvalue weighted by Gasteiger charge is -2.03. The zero-order chi connectivity index (χ0) is 15.8. The van der Waals surface area contributed by atoms with Gasteiger partial charge in [0.25, 0.3) is 5.91 Å². The highest BCUT2D eigenvalue weighted by Crippen LogP contribution is 2.22. The summed E-state index contributed by atoms with van der Waals surface area (Å²) in [6.45, 7) is 0.262. The molecule has 112 valence electrons. The lowest BCUT2D eigenvalue weighted by molar-refractivity contribution is 0.0954. The molecule has 0 saturated carbocycles. The summed E-state index contributed by atoms with van der Waals surface area (Å²) in [6.07, 6.45) is 0. The number of benzene rings is 2. The number of hydrogen-bond donors (Lipinski definition) is 1. The van der Waals surface area contributed by atoms with E-state index in [0.717, 1.165) is 0 Å². The summed E-state index contributed by atoms with van der Waals surface area (Å²) in [6, 6.07) is 12.8. The van der Waals surface area contributed by atoms with E-state index in [2.05, 4.69) is 17.2 Å². The lowest BCUT2D eigenvalue weighted by Crippen LogP contribution is -2.24. The maximum atomic E-state index is 13.4. The summed E-state index contributed by atoms with van der Waals surface area (Å²) >= 11 is 5.92. The second-order valence-electron chi connectivity index (χ2n) is 4.24. The molecule has 0 fully saturated rings. The normalized spacial score (nSPS) is 9.55. The molecule has 0 saturated heterocycles. The second kappa shape index (κ2) is 8.06. The zero-order valence-electron chi connectivity index (χ0n) is 11.6. The van der Waals surface area contributed by atoms with E-state index >= 15 is 0 Å². The average molecular weight is 318 g/mol. The third-order valence-electron chi connectivity index (χ3n) is 2.72. The number of amides is 1. The van der Waals surface area contributed by atoms with Gasteiger partial charge in [0.05, 0.1) is 17.1 Å². The van der Waals surface area contributed by atoms with Crippen molar-refractivity contribution in [2.24, 2.45) is 0 Å². The Hall–Kier alpha value is -2.51. The fourth-order valence-electron chi connectivity index (χ4n) is 1.65. The van der Waals surface area contributed by atoms with Crippen LogP contribution in [0.2, 0.25) is 5.02 Å². The van der Waals surface area contributed by atoms with Crippen LogP contribution in [0.1, 0.15) is 10.4 Å². The summed E-state index contributed by atoms with van der Waals surface area (Å²) in [5, 5.41) is 3.03. The van der Waals surface area contributed by atoms with E-state index in [4.69, 9.17) is 16.3 Å². The van der Waals surface area contributed by atoms with Crippen molar-refractivity contribution < 1.29 is 13.9 Å². The summed E-state index contributed by atoms with van der Waals surface area (Å²) in [4.78, 5) is 11.7. The molecule has 22 heavy (non-hydrogen) atoms. The molecule has 0 spiro atoms. The molecule has 3 nitrogen and oxygen atoms in total. The van der Waals surface area contributed by atoms with Crippen molar-refractivity contribution in [2.75, 3.05) is 13.2 Å². The molecule has 0 radical (unpaired) electrons. The number of ether oxygens (including phenoxy) is 1. The summed E-state index contributed by atoms with van der Waals surface area (Å²) < 4.78 is 18.7. The van der Waals surface area contributed by atoms with Crippen LogP contribution in [-0.4, -0.2) is 19.1 Å². The smallest absolute Gasteiger partial charge is 0.255 e. The molecule has 0 aliphatic heterocycles. The summed E-state index contributed by atoms with van der Waals surface area (Å²) in [5.41, 5.74) is -0.00313. The standard InChI is InChI=1S/C17H13ClFNO2/c18-14-8-2-4-10-16(14)22-12-6-5-11-20-17(21)13-7-1-3-9-15(13)19/h1-4,7-10H,11-12H2,(H,20,21). The number of halogens is 2. The van der Waals surface area contributed by atoms with Crippen LogP contribution in [0.15, 0.2) is 48.5 Å². The van der Waals surface area contributed by atoms with E-state index in [1.54, 1.807) is 24.3 Å². The fraction of sp³-hybridized carbons (Fsp3) is 0.118. The highest BCUT2D eigenvalue weighted by atomic mass is 35.5. The SMILES string of the molecule is O=C(NCC#CCOc1ccccc1Cl)c1ccccc1F. The van der Waals surface area contributed by atoms with Gasteiger partial charge in [-0.2, -0.15) is 0 Å². The van der Waals surface area contributed by atoms with Crippen molar-refractivity contribution in [3.63, 3.8) is 0 Å². The highest BCUT2D eigenvalue weighted by molar-refractivity contribution is 6.32. The number of para-hydroxylation sites is 1. The first-order chi connectivity index (χ1) is 10.7. The van der Waals surface area contributed by atoms with Crippen LogP contribution in [0.5, 0.6) is 5.75 Å². The quantitative estimate of drug-likeness (QED) is 0.879. The maximum Gasteiger partial charge on any atom is 0.255 e. The third-order valence-corrected chi connectivity index (χ3v) is 3.03. The molecule has 2 aromatic rings. The van der Waals surface area contributed by atoms with Gasteiger partial charge in [0.2, 0.25) is 0 Å². The summed E-state index contributed by atoms with van der Waals surface area (Å²) in [5.74, 6) is 4.96. The Morgan fingerprint density at radius 3 is 2.64 bits per heavy atom.